The fourth-order valence-corrected chi connectivity index (χ4v) is 3.67. The van der Waals surface area contributed by atoms with Crippen LogP contribution in [0.15, 0.2) is 0 Å². The molecule has 2 heterocycles. The largest absolute Gasteiger partial charge is 0.372 e. The maximum absolute atomic E-state index is 6.04. The molecule has 16 heavy (non-hydrogen) atoms. The third-order valence-corrected chi connectivity index (χ3v) is 4.76. The van der Waals surface area contributed by atoms with Crippen LogP contribution in [0.25, 0.3) is 0 Å². The quantitative estimate of drug-likeness (QED) is 0.803. The molecule has 0 aromatic heterocycles. The molecule has 0 bridgehead atoms. The first-order valence-electron chi connectivity index (χ1n) is 6.41. The lowest BCUT2D eigenvalue weighted by Crippen LogP contribution is -2.44. The van der Waals surface area contributed by atoms with Crippen LogP contribution in [-0.2, 0) is 4.74 Å². The third kappa shape index (κ3) is 3.36. The van der Waals surface area contributed by atoms with E-state index in [-0.39, 0.29) is 0 Å². The molecule has 3 nitrogen and oxygen atoms in total. The topological polar surface area (TPSA) is 24.5 Å². The summed E-state index contributed by atoms with van der Waals surface area (Å²) in [6, 6.07) is 0.728. The second-order valence-electron chi connectivity index (χ2n) is 4.93. The lowest BCUT2D eigenvalue weighted by atomic mass is 10.1. The highest BCUT2D eigenvalue weighted by molar-refractivity contribution is 7.99. The van der Waals surface area contributed by atoms with Gasteiger partial charge < -0.3 is 10.1 Å². The van der Waals surface area contributed by atoms with Crippen molar-refractivity contribution in [1.82, 2.24) is 10.2 Å². The van der Waals surface area contributed by atoms with E-state index in [1.165, 1.54) is 30.9 Å². The first-order chi connectivity index (χ1) is 7.79. The van der Waals surface area contributed by atoms with Gasteiger partial charge in [-0.15, -0.1) is 0 Å². The minimum absolute atomic E-state index is 0.449. The standard InChI is InChI=1S/C12H24N2OS/c1-10-9-16-6-5-14(10)8-12-4-3-11(15-12)7-13-2/h10-13H,3-9H2,1-2H3. The average molecular weight is 244 g/mol. The molecule has 2 rings (SSSR count). The Morgan fingerprint density at radius 3 is 2.94 bits per heavy atom. The molecule has 0 aromatic rings. The van der Waals surface area contributed by atoms with E-state index in [2.05, 4.69) is 28.9 Å². The molecular weight excluding hydrogens is 220 g/mol. The fourth-order valence-electron chi connectivity index (χ4n) is 2.59. The van der Waals surface area contributed by atoms with Crippen LogP contribution in [0.4, 0.5) is 0 Å². The van der Waals surface area contributed by atoms with Crippen molar-refractivity contribution in [2.45, 2.75) is 38.0 Å². The Labute approximate surface area is 103 Å². The second kappa shape index (κ2) is 6.24. The van der Waals surface area contributed by atoms with E-state index >= 15 is 0 Å². The van der Waals surface area contributed by atoms with Crippen molar-refractivity contribution in [3.05, 3.63) is 0 Å². The number of nitrogens with zero attached hydrogens (tertiary/aromatic N) is 1. The Morgan fingerprint density at radius 2 is 2.19 bits per heavy atom. The van der Waals surface area contributed by atoms with Gasteiger partial charge in [0.2, 0.25) is 0 Å². The molecular formula is C12H24N2OS. The molecule has 0 radical (unpaired) electrons. The SMILES string of the molecule is CNCC1CCC(CN2CCSCC2C)O1. The van der Waals surface area contributed by atoms with Crippen LogP contribution in [0.2, 0.25) is 0 Å². The number of nitrogens with one attached hydrogen (secondary N) is 1. The number of hydrogen-bond acceptors (Lipinski definition) is 4. The van der Waals surface area contributed by atoms with Gasteiger partial charge in [-0.2, -0.15) is 11.8 Å². The average Bonchev–Trinajstić information content (AvgIpc) is 2.70. The first kappa shape index (κ1) is 12.7. The van der Waals surface area contributed by atoms with Gasteiger partial charge in [-0.25, -0.2) is 0 Å². The van der Waals surface area contributed by atoms with Crippen molar-refractivity contribution in [3.8, 4) is 0 Å². The molecule has 4 heteroatoms. The molecule has 2 aliphatic rings. The highest BCUT2D eigenvalue weighted by atomic mass is 32.2. The number of thioether (sulfide) groups is 1. The van der Waals surface area contributed by atoms with Crippen LogP contribution in [-0.4, -0.2) is 61.3 Å². The van der Waals surface area contributed by atoms with Crippen LogP contribution in [0.3, 0.4) is 0 Å². The van der Waals surface area contributed by atoms with Crippen molar-refractivity contribution >= 4 is 11.8 Å². The summed E-state index contributed by atoms with van der Waals surface area (Å²) in [6.07, 6.45) is 3.39. The summed E-state index contributed by atoms with van der Waals surface area (Å²) < 4.78 is 6.04. The number of ether oxygens (including phenoxy) is 1. The van der Waals surface area contributed by atoms with E-state index in [0.29, 0.717) is 12.2 Å². The van der Waals surface area contributed by atoms with Crippen LogP contribution >= 0.6 is 11.8 Å². The molecule has 2 aliphatic heterocycles. The summed E-state index contributed by atoms with van der Waals surface area (Å²) in [4.78, 5) is 2.60. The molecule has 0 amide bonds. The van der Waals surface area contributed by atoms with E-state index in [9.17, 15) is 0 Å². The molecule has 3 atom stereocenters. The monoisotopic (exact) mass is 244 g/mol. The van der Waals surface area contributed by atoms with Crippen LogP contribution in [0, 0.1) is 0 Å². The lowest BCUT2D eigenvalue weighted by Gasteiger charge is -2.34. The smallest absolute Gasteiger partial charge is 0.0707 e. The van der Waals surface area contributed by atoms with E-state index < -0.39 is 0 Å². The Bertz CT molecular complexity index is 215. The zero-order valence-electron chi connectivity index (χ0n) is 10.4. The summed E-state index contributed by atoms with van der Waals surface area (Å²) >= 11 is 2.08. The van der Waals surface area contributed by atoms with Gasteiger partial charge in [-0.1, -0.05) is 0 Å². The van der Waals surface area contributed by atoms with Gasteiger partial charge in [-0.3, -0.25) is 4.90 Å². The highest BCUT2D eigenvalue weighted by Crippen LogP contribution is 2.23. The van der Waals surface area contributed by atoms with Crippen molar-refractivity contribution < 1.29 is 4.74 Å². The maximum atomic E-state index is 6.04. The Kier molecular flexibility index (Phi) is 4.95. The first-order valence-corrected chi connectivity index (χ1v) is 7.57. The van der Waals surface area contributed by atoms with Gasteiger partial charge >= 0.3 is 0 Å². The Balaban J connectivity index is 1.73. The summed E-state index contributed by atoms with van der Waals surface area (Å²) in [5, 5.41) is 3.20. The van der Waals surface area contributed by atoms with E-state index in [1.54, 1.807) is 0 Å². The molecule has 2 fully saturated rings. The predicted octanol–water partition coefficient (Wildman–Crippen LogP) is 1.19. The number of hydrogen-bond donors (Lipinski definition) is 1. The Hall–Kier alpha value is 0.230. The lowest BCUT2D eigenvalue weighted by molar-refractivity contribution is 0.0192. The van der Waals surface area contributed by atoms with Crippen molar-refractivity contribution in [2.24, 2.45) is 0 Å². The molecule has 0 saturated carbocycles. The fraction of sp³-hybridized carbons (Fsp3) is 1.00. The van der Waals surface area contributed by atoms with E-state index in [4.69, 9.17) is 4.74 Å². The van der Waals surface area contributed by atoms with Gasteiger partial charge in [0.15, 0.2) is 0 Å². The zero-order chi connectivity index (χ0) is 11.4. The minimum Gasteiger partial charge on any atom is -0.372 e. The number of rotatable bonds is 4. The van der Waals surface area contributed by atoms with Crippen molar-refractivity contribution in [3.63, 3.8) is 0 Å². The van der Waals surface area contributed by atoms with Gasteiger partial charge in [0.05, 0.1) is 12.2 Å². The summed E-state index contributed by atoms with van der Waals surface area (Å²) in [7, 11) is 2.00. The van der Waals surface area contributed by atoms with Gasteiger partial charge in [0.1, 0.15) is 0 Å². The van der Waals surface area contributed by atoms with Crippen LogP contribution < -0.4 is 5.32 Å². The molecule has 3 unspecified atom stereocenters. The molecule has 0 spiro atoms. The maximum Gasteiger partial charge on any atom is 0.0707 e. The summed E-state index contributed by atoms with van der Waals surface area (Å²) in [5.41, 5.74) is 0. The molecule has 0 aliphatic carbocycles. The summed E-state index contributed by atoms with van der Waals surface area (Å²) in [6.45, 7) is 5.72. The van der Waals surface area contributed by atoms with Gasteiger partial charge in [-0.05, 0) is 26.8 Å². The zero-order valence-corrected chi connectivity index (χ0v) is 11.3. The molecule has 94 valence electrons. The minimum atomic E-state index is 0.449. The van der Waals surface area contributed by atoms with Gasteiger partial charge in [0, 0.05) is 37.2 Å². The van der Waals surface area contributed by atoms with E-state index in [0.717, 1.165) is 19.1 Å². The third-order valence-electron chi connectivity index (χ3n) is 3.57. The molecule has 0 aromatic carbocycles. The highest BCUT2D eigenvalue weighted by Gasteiger charge is 2.28. The summed E-state index contributed by atoms with van der Waals surface area (Å²) in [5.74, 6) is 2.57. The van der Waals surface area contributed by atoms with Crippen molar-refractivity contribution in [1.29, 1.82) is 0 Å². The number of likely N-dealkylation sites (N-methyl/N-ethyl adjacent to an activating group) is 1. The molecule has 1 N–H and O–H groups in total. The van der Waals surface area contributed by atoms with Gasteiger partial charge in [0.25, 0.3) is 0 Å². The second-order valence-corrected chi connectivity index (χ2v) is 6.08. The van der Waals surface area contributed by atoms with Crippen molar-refractivity contribution in [2.75, 3.05) is 38.2 Å². The van der Waals surface area contributed by atoms with Crippen LogP contribution in [0.5, 0.6) is 0 Å². The van der Waals surface area contributed by atoms with E-state index in [1.807, 2.05) is 7.05 Å². The predicted molar refractivity (Wildman–Crippen MR) is 70.2 cm³/mol. The Morgan fingerprint density at radius 1 is 1.38 bits per heavy atom. The molecule has 2 saturated heterocycles. The van der Waals surface area contributed by atoms with Crippen LogP contribution in [0.1, 0.15) is 19.8 Å². The normalized spacial score (nSPS) is 36.8.